The van der Waals surface area contributed by atoms with Crippen LogP contribution in [0.4, 0.5) is 16.2 Å². The second-order valence-corrected chi connectivity index (χ2v) is 7.00. The van der Waals surface area contributed by atoms with Crippen molar-refractivity contribution >= 4 is 23.3 Å². The van der Waals surface area contributed by atoms with Gasteiger partial charge in [0.15, 0.2) is 11.5 Å². The van der Waals surface area contributed by atoms with Gasteiger partial charge in [-0.15, -0.1) is 0 Å². The molecule has 2 aliphatic rings. The topological polar surface area (TPSA) is 126 Å². The summed E-state index contributed by atoms with van der Waals surface area (Å²) in [6.45, 7) is 1.60. The van der Waals surface area contributed by atoms with Crippen LogP contribution < -0.4 is 25.2 Å². The highest BCUT2D eigenvalue weighted by atomic mass is 16.6. The summed E-state index contributed by atoms with van der Waals surface area (Å²) in [5.74, 6) is 0.500. The fourth-order valence-electron chi connectivity index (χ4n) is 3.46. The molecular formula is C20H21N5O6. The molecule has 1 unspecified atom stereocenters. The van der Waals surface area contributed by atoms with E-state index >= 15 is 0 Å². The lowest BCUT2D eigenvalue weighted by atomic mass is 10.2. The third-order valence-electron chi connectivity index (χ3n) is 5.08. The van der Waals surface area contributed by atoms with Crippen molar-refractivity contribution in [2.45, 2.75) is 6.10 Å². The smallest absolute Gasteiger partial charge is 0.336 e. The molecule has 11 heteroatoms. The summed E-state index contributed by atoms with van der Waals surface area (Å²) >= 11 is 0. The molecule has 0 spiro atoms. The van der Waals surface area contributed by atoms with Crippen LogP contribution >= 0.6 is 0 Å². The molecule has 31 heavy (non-hydrogen) atoms. The Balaban J connectivity index is 1.26. The molecule has 0 bridgehead atoms. The van der Waals surface area contributed by atoms with Gasteiger partial charge in [-0.3, -0.25) is 20.3 Å². The molecule has 2 aromatic rings. The number of fused-ring (bicyclic) bond motifs is 1. The molecular weight excluding hydrogens is 406 g/mol. The molecule has 0 aliphatic carbocycles. The first kappa shape index (κ1) is 20.3. The number of anilines is 1. The predicted molar refractivity (Wildman–Crippen MR) is 110 cm³/mol. The van der Waals surface area contributed by atoms with Crippen LogP contribution in [-0.4, -0.2) is 60.7 Å². The van der Waals surface area contributed by atoms with Gasteiger partial charge in [-0.2, -0.15) is 0 Å². The Morgan fingerprint density at radius 3 is 2.39 bits per heavy atom. The van der Waals surface area contributed by atoms with E-state index in [1.54, 1.807) is 42.5 Å². The van der Waals surface area contributed by atoms with E-state index in [9.17, 15) is 19.7 Å². The van der Waals surface area contributed by atoms with Gasteiger partial charge in [-0.1, -0.05) is 24.3 Å². The van der Waals surface area contributed by atoms with Crippen LogP contribution in [-0.2, 0) is 4.79 Å². The van der Waals surface area contributed by atoms with Crippen molar-refractivity contribution in [3.05, 3.63) is 58.6 Å². The summed E-state index contributed by atoms with van der Waals surface area (Å²) in [6, 6.07) is 13.1. The maximum absolute atomic E-state index is 12.4. The van der Waals surface area contributed by atoms with E-state index in [1.807, 2.05) is 4.90 Å². The first-order valence-electron chi connectivity index (χ1n) is 9.74. The second kappa shape index (κ2) is 8.78. The molecule has 2 aliphatic heterocycles. The fraction of sp³-hybridized carbons (Fsp3) is 0.300. The number of ether oxygens (including phenoxy) is 2. The van der Waals surface area contributed by atoms with Crippen LogP contribution in [0.1, 0.15) is 0 Å². The lowest BCUT2D eigenvalue weighted by molar-refractivity contribution is -0.384. The number of nitrogens with one attached hydrogen (secondary N) is 2. The van der Waals surface area contributed by atoms with E-state index in [4.69, 9.17) is 9.47 Å². The van der Waals surface area contributed by atoms with Gasteiger partial charge in [-0.05, 0) is 18.2 Å². The molecule has 2 aromatic carbocycles. The lowest BCUT2D eigenvalue weighted by Crippen LogP contribution is -2.57. The van der Waals surface area contributed by atoms with Gasteiger partial charge < -0.3 is 19.3 Å². The summed E-state index contributed by atoms with van der Waals surface area (Å²) in [5.41, 5.74) is 5.30. The number of nitrogens with zero attached hydrogens (tertiary/aromatic N) is 3. The highest BCUT2D eigenvalue weighted by Gasteiger charge is 2.29. The van der Waals surface area contributed by atoms with Gasteiger partial charge in [0.25, 0.3) is 11.6 Å². The number of nitro benzene ring substituents is 1. The van der Waals surface area contributed by atoms with Crippen molar-refractivity contribution in [3.8, 4) is 11.5 Å². The first-order chi connectivity index (χ1) is 15.0. The largest absolute Gasteiger partial charge is 0.485 e. The van der Waals surface area contributed by atoms with Gasteiger partial charge in [0.1, 0.15) is 12.3 Å². The number of hydrogen-bond acceptors (Lipinski definition) is 7. The fourth-order valence-corrected chi connectivity index (χ4v) is 3.46. The molecule has 1 fully saturated rings. The minimum atomic E-state index is -0.884. The zero-order valence-electron chi connectivity index (χ0n) is 16.5. The molecule has 1 saturated heterocycles. The number of amides is 3. The van der Waals surface area contributed by atoms with Crippen LogP contribution in [0.2, 0.25) is 0 Å². The van der Waals surface area contributed by atoms with E-state index in [-0.39, 0.29) is 12.3 Å². The monoisotopic (exact) mass is 427 g/mol. The Kier molecular flexibility index (Phi) is 5.74. The Labute approximate surface area is 177 Å². The van der Waals surface area contributed by atoms with Crippen LogP contribution in [0.3, 0.4) is 0 Å². The predicted octanol–water partition coefficient (Wildman–Crippen LogP) is 1.30. The minimum Gasteiger partial charge on any atom is -0.485 e. The van der Waals surface area contributed by atoms with Gasteiger partial charge in [0.2, 0.25) is 6.10 Å². The molecule has 3 amide bonds. The molecule has 4 rings (SSSR count). The zero-order valence-corrected chi connectivity index (χ0v) is 16.5. The number of rotatable bonds is 3. The standard InChI is InChI=1S/C20H21N5O6/c26-19(18-13-30-16-7-3-4-8-17(16)31-18)21-22-20(27)24-11-9-23(10-12-24)14-5-1-2-6-15(14)25(28)29/h1-8,18H,9-13H2,(H,21,26)(H,22,27). The number of carbonyl (C=O) groups is 2. The van der Waals surface area contributed by atoms with E-state index in [1.165, 1.54) is 11.0 Å². The van der Waals surface area contributed by atoms with Crippen molar-refractivity contribution in [2.75, 3.05) is 37.7 Å². The highest BCUT2D eigenvalue weighted by Crippen LogP contribution is 2.31. The molecule has 2 N–H and O–H groups in total. The van der Waals surface area contributed by atoms with Crippen molar-refractivity contribution in [2.24, 2.45) is 0 Å². The molecule has 0 aromatic heterocycles. The highest BCUT2D eigenvalue weighted by molar-refractivity contribution is 5.85. The average molecular weight is 427 g/mol. The summed E-state index contributed by atoms with van der Waals surface area (Å²) in [7, 11) is 0. The number of para-hydroxylation sites is 4. The summed E-state index contributed by atoms with van der Waals surface area (Å²) < 4.78 is 11.1. The number of carbonyl (C=O) groups excluding carboxylic acids is 2. The second-order valence-electron chi connectivity index (χ2n) is 7.00. The van der Waals surface area contributed by atoms with Crippen LogP contribution in [0.5, 0.6) is 11.5 Å². The molecule has 11 nitrogen and oxygen atoms in total. The number of urea groups is 1. The minimum absolute atomic E-state index is 0.0314. The third kappa shape index (κ3) is 4.44. The van der Waals surface area contributed by atoms with Crippen LogP contribution in [0.15, 0.2) is 48.5 Å². The van der Waals surface area contributed by atoms with Crippen molar-refractivity contribution in [1.29, 1.82) is 0 Å². The summed E-state index contributed by atoms with van der Waals surface area (Å²) in [5, 5.41) is 11.2. The van der Waals surface area contributed by atoms with E-state index in [0.29, 0.717) is 43.4 Å². The van der Waals surface area contributed by atoms with Gasteiger partial charge >= 0.3 is 6.03 Å². The number of hydrogen-bond donors (Lipinski definition) is 2. The summed E-state index contributed by atoms with van der Waals surface area (Å²) in [4.78, 5) is 38.9. The number of hydrazine groups is 1. The normalized spacial score (nSPS) is 17.6. The van der Waals surface area contributed by atoms with Crippen LogP contribution in [0.25, 0.3) is 0 Å². The molecule has 1 atom stereocenters. The third-order valence-corrected chi connectivity index (χ3v) is 5.08. The van der Waals surface area contributed by atoms with Crippen molar-refractivity contribution in [3.63, 3.8) is 0 Å². The summed E-state index contributed by atoms with van der Waals surface area (Å²) in [6.07, 6.45) is -0.884. The zero-order chi connectivity index (χ0) is 21.8. The molecule has 2 heterocycles. The van der Waals surface area contributed by atoms with Crippen molar-refractivity contribution in [1.82, 2.24) is 15.8 Å². The first-order valence-corrected chi connectivity index (χ1v) is 9.74. The van der Waals surface area contributed by atoms with Gasteiger partial charge in [-0.25, -0.2) is 10.2 Å². The maximum atomic E-state index is 12.4. The maximum Gasteiger partial charge on any atom is 0.336 e. The van der Waals surface area contributed by atoms with Crippen molar-refractivity contribution < 1.29 is 24.0 Å². The number of benzene rings is 2. The van der Waals surface area contributed by atoms with E-state index < -0.39 is 23.0 Å². The SMILES string of the molecule is O=C(NNC(=O)N1CCN(c2ccccc2[N+](=O)[O-])CC1)C1COc2ccccc2O1. The average Bonchev–Trinajstić information content (AvgIpc) is 2.82. The lowest BCUT2D eigenvalue weighted by Gasteiger charge is -2.35. The van der Waals surface area contributed by atoms with E-state index in [0.717, 1.165) is 0 Å². The molecule has 162 valence electrons. The molecule has 0 radical (unpaired) electrons. The molecule has 0 saturated carbocycles. The number of nitro groups is 1. The van der Waals surface area contributed by atoms with Gasteiger partial charge in [0.05, 0.1) is 4.92 Å². The van der Waals surface area contributed by atoms with Gasteiger partial charge in [0, 0.05) is 32.2 Å². The number of piperazine rings is 1. The Morgan fingerprint density at radius 2 is 1.65 bits per heavy atom. The van der Waals surface area contributed by atoms with Crippen LogP contribution in [0, 0.1) is 10.1 Å². The quantitative estimate of drug-likeness (QED) is 0.558. The Bertz CT molecular complexity index is 992. The Hall–Kier alpha value is -4.02. The van der Waals surface area contributed by atoms with E-state index in [2.05, 4.69) is 10.9 Å². The Morgan fingerprint density at radius 1 is 0.968 bits per heavy atom.